The molecule has 6 heteroatoms. The number of sulfonamides is 1. The van der Waals surface area contributed by atoms with E-state index in [0.717, 1.165) is 6.42 Å². The van der Waals surface area contributed by atoms with Crippen LogP contribution < -0.4 is 5.73 Å². The summed E-state index contributed by atoms with van der Waals surface area (Å²) in [7, 11) is -3.31. The molecule has 2 rings (SSSR count). The number of nitrogens with zero attached hydrogens (tertiary/aromatic N) is 1. The maximum atomic E-state index is 11.9. The zero-order chi connectivity index (χ0) is 10.2. The van der Waals surface area contributed by atoms with Crippen molar-refractivity contribution >= 4 is 10.0 Å². The molecule has 1 atom stereocenters. The van der Waals surface area contributed by atoms with E-state index in [2.05, 4.69) is 4.98 Å². The highest BCUT2D eigenvalue weighted by atomic mass is 32.2. The van der Waals surface area contributed by atoms with Crippen molar-refractivity contribution in [2.24, 2.45) is 5.73 Å². The standard InChI is InChI=1S/C8H13N3O2S/c9-7-2-4-11(6-7)14(12,13)8-1-3-10-5-8/h1,3,5,7,10H,2,4,6,9H2. The molecule has 1 fully saturated rings. The third-order valence-electron chi connectivity index (χ3n) is 2.39. The molecule has 1 aliphatic heterocycles. The fourth-order valence-corrected chi connectivity index (χ4v) is 3.08. The Bertz CT molecular complexity index is 398. The number of nitrogens with one attached hydrogen (secondary N) is 1. The first-order valence-corrected chi connectivity index (χ1v) is 5.93. The number of aromatic amines is 1. The summed E-state index contributed by atoms with van der Waals surface area (Å²) < 4.78 is 25.2. The molecule has 0 amide bonds. The van der Waals surface area contributed by atoms with Gasteiger partial charge in [-0.1, -0.05) is 0 Å². The van der Waals surface area contributed by atoms with Gasteiger partial charge in [-0.2, -0.15) is 4.31 Å². The second-order valence-electron chi connectivity index (χ2n) is 3.46. The minimum Gasteiger partial charge on any atom is -0.366 e. The number of aromatic nitrogens is 1. The molecule has 3 N–H and O–H groups in total. The zero-order valence-corrected chi connectivity index (χ0v) is 8.50. The highest BCUT2D eigenvalue weighted by Gasteiger charge is 2.30. The van der Waals surface area contributed by atoms with Crippen LogP contribution in [0.25, 0.3) is 0 Å². The number of nitrogens with two attached hydrogens (primary N) is 1. The van der Waals surface area contributed by atoms with Gasteiger partial charge in [-0.25, -0.2) is 8.42 Å². The van der Waals surface area contributed by atoms with Crippen molar-refractivity contribution in [2.45, 2.75) is 17.4 Å². The smallest absolute Gasteiger partial charge is 0.244 e. The van der Waals surface area contributed by atoms with Gasteiger partial charge in [0.2, 0.25) is 10.0 Å². The summed E-state index contributed by atoms with van der Waals surface area (Å²) >= 11 is 0. The maximum absolute atomic E-state index is 11.9. The van der Waals surface area contributed by atoms with Crippen molar-refractivity contribution in [1.82, 2.24) is 9.29 Å². The van der Waals surface area contributed by atoms with Gasteiger partial charge in [0.25, 0.3) is 0 Å². The first-order valence-electron chi connectivity index (χ1n) is 4.49. The molecular formula is C8H13N3O2S. The van der Waals surface area contributed by atoms with E-state index in [9.17, 15) is 8.42 Å². The molecule has 0 bridgehead atoms. The van der Waals surface area contributed by atoms with E-state index in [1.807, 2.05) is 0 Å². The van der Waals surface area contributed by atoms with Crippen LogP contribution in [0.1, 0.15) is 6.42 Å². The summed E-state index contributed by atoms with van der Waals surface area (Å²) in [6.45, 7) is 0.947. The van der Waals surface area contributed by atoms with E-state index in [4.69, 9.17) is 5.73 Å². The summed E-state index contributed by atoms with van der Waals surface area (Å²) in [6, 6.07) is 1.53. The predicted molar refractivity (Wildman–Crippen MR) is 52.1 cm³/mol. The summed E-state index contributed by atoms with van der Waals surface area (Å²) in [5.41, 5.74) is 5.66. The van der Waals surface area contributed by atoms with Crippen molar-refractivity contribution < 1.29 is 8.42 Å². The Morgan fingerprint density at radius 1 is 1.57 bits per heavy atom. The normalized spacial score (nSPS) is 24.2. The number of hydrogen-bond acceptors (Lipinski definition) is 3. The summed E-state index contributed by atoms with van der Waals surface area (Å²) in [5.74, 6) is 0. The average Bonchev–Trinajstić information content (AvgIpc) is 2.72. The quantitative estimate of drug-likeness (QED) is 0.713. The minimum absolute atomic E-state index is 0.0243. The fraction of sp³-hybridized carbons (Fsp3) is 0.500. The van der Waals surface area contributed by atoms with Crippen LogP contribution >= 0.6 is 0 Å². The largest absolute Gasteiger partial charge is 0.366 e. The van der Waals surface area contributed by atoms with Crippen LogP contribution in [0.15, 0.2) is 23.4 Å². The molecule has 5 nitrogen and oxygen atoms in total. The van der Waals surface area contributed by atoms with E-state index < -0.39 is 10.0 Å². The van der Waals surface area contributed by atoms with Gasteiger partial charge >= 0.3 is 0 Å². The van der Waals surface area contributed by atoms with Crippen molar-refractivity contribution in [2.75, 3.05) is 13.1 Å². The summed E-state index contributed by atoms with van der Waals surface area (Å²) in [5, 5.41) is 0. The van der Waals surface area contributed by atoms with Crippen molar-refractivity contribution in [1.29, 1.82) is 0 Å². The lowest BCUT2D eigenvalue weighted by Gasteiger charge is -2.14. The summed E-state index contributed by atoms with van der Waals surface area (Å²) in [6.07, 6.45) is 3.83. The molecule has 0 radical (unpaired) electrons. The highest BCUT2D eigenvalue weighted by Crippen LogP contribution is 2.19. The number of rotatable bonds is 2. The average molecular weight is 215 g/mol. The van der Waals surface area contributed by atoms with Gasteiger partial charge in [0, 0.05) is 31.5 Å². The van der Waals surface area contributed by atoms with Crippen LogP contribution in [0, 0.1) is 0 Å². The van der Waals surface area contributed by atoms with Crippen LogP contribution in [0.2, 0.25) is 0 Å². The first-order chi connectivity index (χ1) is 6.60. The summed E-state index contributed by atoms with van der Waals surface area (Å²) in [4.78, 5) is 3.05. The van der Waals surface area contributed by atoms with Crippen molar-refractivity contribution in [3.05, 3.63) is 18.5 Å². The lowest BCUT2D eigenvalue weighted by Crippen LogP contribution is -2.31. The number of hydrogen-bond donors (Lipinski definition) is 2. The highest BCUT2D eigenvalue weighted by molar-refractivity contribution is 7.89. The lowest BCUT2D eigenvalue weighted by molar-refractivity contribution is 0.472. The van der Waals surface area contributed by atoms with Gasteiger partial charge in [0.1, 0.15) is 0 Å². The Morgan fingerprint density at radius 2 is 2.36 bits per heavy atom. The second-order valence-corrected chi connectivity index (χ2v) is 5.40. The van der Waals surface area contributed by atoms with Crippen LogP contribution in [0.3, 0.4) is 0 Å². The van der Waals surface area contributed by atoms with Crippen molar-refractivity contribution in [3.63, 3.8) is 0 Å². The molecule has 0 saturated carbocycles. The third kappa shape index (κ3) is 1.56. The lowest BCUT2D eigenvalue weighted by atomic mass is 10.3. The fourth-order valence-electron chi connectivity index (χ4n) is 1.59. The first kappa shape index (κ1) is 9.70. The molecule has 1 unspecified atom stereocenters. The van der Waals surface area contributed by atoms with Crippen LogP contribution in [0.4, 0.5) is 0 Å². The molecule has 78 valence electrons. The van der Waals surface area contributed by atoms with E-state index in [0.29, 0.717) is 18.0 Å². The van der Waals surface area contributed by atoms with Gasteiger partial charge in [-0.15, -0.1) is 0 Å². The molecule has 1 saturated heterocycles. The van der Waals surface area contributed by atoms with E-state index >= 15 is 0 Å². The third-order valence-corrected chi connectivity index (χ3v) is 4.26. The molecule has 14 heavy (non-hydrogen) atoms. The molecule has 1 aliphatic rings. The zero-order valence-electron chi connectivity index (χ0n) is 7.68. The molecule has 1 aromatic heterocycles. The van der Waals surface area contributed by atoms with E-state index in [-0.39, 0.29) is 6.04 Å². The Balaban J connectivity index is 2.26. The molecule has 0 aliphatic carbocycles. The topological polar surface area (TPSA) is 79.2 Å². The Hall–Kier alpha value is -0.850. The van der Waals surface area contributed by atoms with Crippen LogP contribution in [0.5, 0.6) is 0 Å². The maximum Gasteiger partial charge on any atom is 0.244 e. The van der Waals surface area contributed by atoms with Gasteiger partial charge in [0.05, 0.1) is 4.90 Å². The second kappa shape index (κ2) is 3.38. The SMILES string of the molecule is NC1CCN(S(=O)(=O)c2cc[nH]c2)C1. The minimum atomic E-state index is -3.31. The molecule has 2 heterocycles. The Labute approximate surface area is 83.0 Å². The Kier molecular flexibility index (Phi) is 2.34. The number of H-pyrrole nitrogens is 1. The molecule has 0 spiro atoms. The van der Waals surface area contributed by atoms with Gasteiger partial charge in [0.15, 0.2) is 0 Å². The molecule has 1 aromatic rings. The monoisotopic (exact) mass is 215 g/mol. The van der Waals surface area contributed by atoms with Crippen molar-refractivity contribution in [3.8, 4) is 0 Å². The van der Waals surface area contributed by atoms with E-state index in [1.54, 1.807) is 12.3 Å². The van der Waals surface area contributed by atoms with Gasteiger partial charge < -0.3 is 10.7 Å². The van der Waals surface area contributed by atoms with Gasteiger partial charge in [-0.05, 0) is 12.5 Å². The predicted octanol–water partition coefficient (Wildman–Crippen LogP) is -0.264. The van der Waals surface area contributed by atoms with E-state index in [1.165, 1.54) is 10.5 Å². The van der Waals surface area contributed by atoms with Gasteiger partial charge in [-0.3, -0.25) is 0 Å². The Morgan fingerprint density at radius 3 is 2.86 bits per heavy atom. The molecular weight excluding hydrogens is 202 g/mol. The van der Waals surface area contributed by atoms with Crippen LogP contribution in [-0.4, -0.2) is 36.8 Å². The van der Waals surface area contributed by atoms with Crippen LogP contribution in [-0.2, 0) is 10.0 Å². The molecule has 0 aromatic carbocycles.